The van der Waals surface area contributed by atoms with Gasteiger partial charge in [0.2, 0.25) is 0 Å². The van der Waals surface area contributed by atoms with Gasteiger partial charge >= 0.3 is 0 Å². The zero-order valence-electron chi connectivity index (χ0n) is 15.9. The predicted molar refractivity (Wildman–Crippen MR) is 112 cm³/mol. The molecule has 2 N–H and O–H groups in total. The van der Waals surface area contributed by atoms with Gasteiger partial charge in [-0.15, -0.1) is 0 Å². The van der Waals surface area contributed by atoms with Crippen molar-refractivity contribution in [3.63, 3.8) is 0 Å². The third kappa shape index (κ3) is 5.35. The van der Waals surface area contributed by atoms with Gasteiger partial charge in [-0.05, 0) is 23.8 Å². The maximum absolute atomic E-state index is 12.9. The first-order chi connectivity index (χ1) is 13.6. The summed E-state index contributed by atoms with van der Waals surface area (Å²) in [7, 11) is 0.0728. The van der Waals surface area contributed by atoms with E-state index in [0.717, 1.165) is 6.08 Å². The lowest BCUT2D eigenvalue weighted by molar-refractivity contribution is -0.113. The first-order valence-electron chi connectivity index (χ1n) is 8.11. The van der Waals surface area contributed by atoms with E-state index >= 15 is 0 Å². The van der Waals surface area contributed by atoms with Gasteiger partial charge in [0.1, 0.15) is 22.2 Å². The van der Waals surface area contributed by atoms with Crippen LogP contribution in [0, 0.1) is 0 Å². The number of hydrogen-bond donors (Lipinski definition) is 1. The van der Waals surface area contributed by atoms with Crippen molar-refractivity contribution in [2.24, 2.45) is 5.73 Å². The van der Waals surface area contributed by atoms with Gasteiger partial charge in [0.15, 0.2) is 9.84 Å². The lowest BCUT2D eigenvalue weighted by Crippen LogP contribution is -2.22. The maximum Gasteiger partial charge on any atom is 0.260 e. The summed E-state index contributed by atoms with van der Waals surface area (Å²) in [5.41, 5.74) is 5.87. The molecule has 156 valence electrons. The van der Waals surface area contributed by atoms with Crippen LogP contribution in [0.5, 0.6) is 17.2 Å². The fourth-order valence-electron chi connectivity index (χ4n) is 2.54. The first-order valence-corrected chi connectivity index (χ1v) is 10.5. The first kappa shape index (κ1) is 22.9. The van der Waals surface area contributed by atoms with Gasteiger partial charge in [0.05, 0.1) is 32.6 Å². The summed E-state index contributed by atoms with van der Waals surface area (Å²) < 4.78 is 41.6. The van der Waals surface area contributed by atoms with E-state index in [9.17, 15) is 13.2 Å². The molecule has 0 spiro atoms. The van der Waals surface area contributed by atoms with Gasteiger partial charge < -0.3 is 19.9 Å². The number of ether oxygens (including phenoxy) is 3. The molecular weight excluding hydrogens is 441 g/mol. The van der Waals surface area contributed by atoms with E-state index in [0.29, 0.717) is 10.8 Å². The molecule has 0 radical (unpaired) electrons. The zero-order chi connectivity index (χ0) is 21.8. The maximum atomic E-state index is 12.9. The second-order valence-electron chi connectivity index (χ2n) is 5.81. The molecule has 0 saturated carbocycles. The van der Waals surface area contributed by atoms with Crippen molar-refractivity contribution < 1.29 is 27.4 Å². The van der Waals surface area contributed by atoms with Crippen LogP contribution in [0.15, 0.2) is 35.2 Å². The number of methoxy groups -OCH3 is 3. The largest absolute Gasteiger partial charge is 0.496 e. The molecule has 0 atom stereocenters. The topological polar surface area (TPSA) is 105 Å². The number of rotatable bonds is 8. The average molecular weight is 460 g/mol. The number of halogens is 2. The minimum atomic E-state index is -4.16. The zero-order valence-corrected chi connectivity index (χ0v) is 18.2. The highest BCUT2D eigenvalue weighted by Gasteiger charge is 2.26. The Kier molecular flexibility index (Phi) is 7.40. The summed E-state index contributed by atoms with van der Waals surface area (Å²) >= 11 is 11.9. The van der Waals surface area contributed by atoms with Crippen LogP contribution < -0.4 is 19.9 Å². The molecule has 0 heterocycles. The molecule has 0 aromatic heterocycles. The molecule has 10 heteroatoms. The fraction of sp³-hybridized carbons (Fsp3) is 0.211. The minimum absolute atomic E-state index is 0.157. The van der Waals surface area contributed by atoms with Gasteiger partial charge in [-0.25, -0.2) is 8.42 Å². The summed E-state index contributed by atoms with van der Waals surface area (Å²) in [5, 5.41) is 0.513. The number of primary amides is 1. The quantitative estimate of drug-likeness (QED) is 0.605. The van der Waals surface area contributed by atoms with E-state index in [1.165, 1.54) is 51.7 Å². The SMILES string of the molecule is COc1cc(OC)c(/C=C(/C(N)=O)S(=O)(=O)Cc2ccc(Cl)cc2Cl)c(OC)c1. The van der Waals surface area contributed by atoms with Crippen LogP contribution in [0.2, 0.25) is 10.0 Å². The van der Waals surface area contributed by atoms with Crippen LogP contribution in [0.1, 0.15) is 11.1 Å². The summed E-state index contributed by atoms with van der Waals surface area (Å²) in [6.07, 6.45) is 1.11. The molecule has 0 fully saturated rings. The lowest BCUT2D eigenvalue weighted by atomic mass is 10.1. The Labute approximate surface area is 178 Å². The Morgan fingerprint density at radius 1 is 1.03 bits per heavy atom. The summed E-state index contributed by atoms with van der Waals surface area (Å²) in [4.78, 5) is 11.4. The molecule has 0 aliphatic rings. The van der Waals surface area contributed by atoms with Crippen molar-refractivity contribution in [2.45, 2.75) is 5.75 Å². The Bertz CT molecular complexity index is 1040. The highest BCUT2D eigenvalue weighted by Crippen LogP contribution is 2.36. The second kappa shape index (κ2) is 9.39. The standard InChI is InChI=1S/C19H19Cl2NO6S/c1-26-13-7-16(27-2)14(17(8-13)28-3)9-18(19(22)23)29(24,25)10-11-4-5-12(20)6-15(11)21/h4-9H,10H2,1-3H3,(H2,22,23)/b18-9-. The van der Waals surface area contributed by atoms with Crippen molar-refractivity contribution in [1.29, 1.82) is 0 Å². The number of nitrogens with two attached hydrogens (primary N) is 1. The molecule has 0 saturated heterocycles. The number of benzene rings is 2. The lowest BCUT2D eigenvalue weighted by Gasteiger charge is -2.14. The summed E-state index contributed by atoms with van der Waals surface area (Å²) in [5.74, 6) is -0.778. The van der Waals surface area contributed by atoms with E-state index in [4.69, 9.17) is 43.1 Å². The summed E-state index contributed by atoms with van der Waals surface area (Å²) in [6.45, 7) is 0. The third-order valence-electron chi connectivity index (χ3n) is 3.97. The molecule has 0 unspecified atom stereocenters. The Morgan fingerprint density at radius 3 is 2.07 bits per heavy atom. The van der Waals surface area contributed by atoms with Crippen molar-refractivity contribution in [3.05, 3.63) is 56.4 Å². The molecule has 0 aliphatic heterocycles. The normalized spacial score (nSPS) is 11.8. The van der Waals surface area contributed by atoms with Crippen LogP contribution in [0.25, 0.3) is 6.08 Å². The van der Waals surface area contributed by atoms with E-state index in [2.05, 4.69) is 0 Å². The molecular formula is C19H19Cl2NO6S. The molecule has 7 nitrogen and oxygen atoms in total. The number of sulfone groups is 1. The van der Waals surface area contributed by atoms with Crippen LogP contribution in [-0.4, -0.2) is 35.7 Å². The van der Waals surface area contributed by atoms with Gasteiger partial charge in [0, 0.05) is 22.2 Å². The van der Waals surface area contributed by atoms with Crippen molar-refractivity contribution in [2.75, 3.05) is 21.3 Å². The van der Waals surface area contributed by atoms with Gasteiger partial charge in [-0.1, -0.05) is 29.3 Å². The highest BCUT2D eigenvalue weighted by molar-refractivity contribution is 7.95. The van der Waals surface area contributed by atoms with E-state index in [1.807, 2.05) is 0 Å². The van der Waals surface area contributed by atoms with Crippen LogP contribution in [0.4, 0.5) is 0 Å². The van der Waals surface area contributed by atoms with Crippen molar-refractivity contribution in [3.8, 4) is 17.2 Å². The monoisotopic (exact) mass is 459 g/mol. The molecule has 1 amide bonds. The molecule has 2 rings (SSSR count). The molecule has 0 aliphatic carbocycles. The van der Waals surface area contributed by atoms with Crippen LogP contribution >= 0.6 is 23.2 Å². The average Bonchev–Trinajstić information content (AvgIpc) is 2.67. The van der Waals surface area contributed by atoms with Gasteiger partial charge in [-0.2, -0.15) is 0 Å². The second-order valence-corrected chi connectivity index (χ2v) is 8.61. The Hall–Kier alpha value is -2.42. The Morgan fingerprint density at radius 2 is 1.62 bits per heavy atom. The number of carbonyl (C=O) groups excluding carboxylic acids is 1. The van der Waals surface area contributed by atoms with Crippen LogP contribution in [-0.2, 0) is 20.4 Å². The van der Waals surface area contributed by atoms with Gasteiger partial charge in [0.25, 0.3) is 5.91 Å². The fourth-order valence-corrected chi connectivity index (χ4v) is 4.52. The smallest absolute Gasteiger partial charge is 0.260 e. The molecule has 0 bridgehead atoms. The number of carbonyl (C=O) groups is 1. The third-order valence-corrected chi connectivity index (χ3v) is 6.23. The van der Waals surface area contributed by atoms with Gasteiger partial charge in [-0.3, -0.25) is 4.79 Å². The van der Waals surface area contributed by atoms with Crippen molar-refractivity contribution >= 4 is 45.0 Å². The minimum Gasteiger partial charge on any atom is -0.496 e. The van der Waals surface area contributed by atoms with Crippen LogP contribution in [0.3, 0.4) is 0 Å². The molecule has 29 heavy (non-hydrogen) atoms. The predicted octanol–water partition coefficient (Wildman–Crippen LogP) is 3.46. The molecule has 2 aromatic rings. The Balaban J connectivity index is 2.61. The van der Waals surface area contributed by atoms with Crippen molar-refractivity contribution in [1.82, 2.24) is 0 Å². The summed E-state index contributed by atoms with van der Waals surface area (Å²) in [6, 6.07) is 7.43. The van der Waals surface area contributed by atoms with E-state index in [1.54, 1.807) is 0 Å². The number of hydrogen-bond acceptors (Lipinski definition) is 6. The van der Waals surface area contributed by atoms with E-state index in [-0.39, 0.29) is 27.6 Å². The number of amides is 1. The highest BCUT2D eigenvalue weighted by atomic mass is 35.5. The van der Waals surface area contributed by atoms with E-state index < -0.39 is 26.4 Å². The molecule has 2 aromatic carbocycles.